The number of likely N-dealkylation sites (N-methyl/N-ethyl adjacent to an activating group) is 1. The number of rotatable bonds is 8. The molecule has 0 aromatic heterocycles. The van der Waals surface area contributed by atoms with E-state index in [0.717, 1.165) is 12.8 Å². The number of amides is 2. The predicted molar refractivity (Wildman–Crippen MR) is 95.4 cm³/mol. The molecule has 1 saturated carbocycles. The van der Waals surface area contributed by atoms with Crippen LogP contribution in [0.25, 0.3) is 0 Å². The molecule has 2 unspecified atom stereocenters. The van der Waals surface area contributed by atoms with Gasteiger partial charge in [0.1, 0.15) is 0 Å². The average molecular weight is 331 g/mol. The van der Waals surface area contributed by atoms with Crippen molar-refractivity contribution >= 4 is 11.8 Å². The minimum absolute atomic E-state index is 0.0671. The first kappa shape index (κ1) is 18.5. The molecule has 132 valence electrons. The summed E-state index contributed by atoms with van der Waals surface area (Å²) in [7, 11) is 1.68. The van der Waals surface area contributed by atoms with E-state index in [0.29, 0.717) is 12.0 Å². The van der Waals surface area contributed by atoms with E-state index in [-0.39, 0.29) is 30.4 Å². The van der Waals surface area contributed by atoms with Crippen LogP contribution in [-0.4, -0.2) is 42.4 Å². The fourth-order valence-electron chi connectivity index (χ4n) is 2.80. The van der Waals surface area contributed by atoms with Gasteiger partial charge in [0.25, 0.3) is 0 Å². The van der Waals surface area contributed by atoms with Crippen LogP contribution in [0.2, 0.25) is 0 Å². The van der Waals surface area contributed by atoms with Gasteiger partial charge in [-0.25, -0.2) is 0 Å². The molecule has 0 radical (unpaired) electrons. The van der Waals surface area contributed by atoms with Gasteiger partial charge < -0.3 is 10.2 Å². The molecule has 24 heavy (non-hydrogen) atoms. The van der Waals surface area contributed by atoms with Crippen molar-refractivity contribution in [2.75, 3.05) is 13.6 Å². The van der Waals surface area contributed by atoms with Crippen molar-refractivity contribution < 1.29 is 9.59 Å². The van der Waals surface area contributed by atoms with Crippen molar-refractivity contribution in [2.45, 2.75) is 51.7 Å². The standard InChI is InChI=1S/C19H29N3O2/c1-13(2)18(15-8-6-5-7-9-15)20-14(3)19(24)22(4)12-17(23)21-16-10-11-16/h5-9,13-14,16,18,20H,10-12H2,1-4H3,(H,21,23). The molecule has 2 N–H and O–H groups in total. The summed E-state index contributed by atoms with van der Waals surface area (Å²) in [5.41, 5.74) is 1.17. The van der Waals surface area contributed by atoms with E-state index in [1.165, 1.54) is 10.5 Å². The monoisotopic (exact) mass is 331 g/mol. The number of carbonyl (C=O) groups is 2. The van der Waals surface area contributed by atoms with Crippen molar-refractivity contribution in [1.29, 1.82) is 0 Å². The third-order valence-corrected chi connectivity index (χ3v) is 4.32. The lowest BCUT2D eigenvalue weighted by Gasteiger charge is -2.28. The Hall–Kier alpha value is -1.88. The van der Waals surface area contributed by atoms with E-state index >= 15 is 0 Å². The van der Waals surface area contributed by atoms with Gasteiger partial charge in [-0.3, -0.25) is 14.9 Å². The number of nitrogens with zero attached hydrogens (tertiary/aromatic N) is 1. The van der Waals surface area contributed by atoms with Crippen molar-refractivity contribution in [1.82, 2.24) is 15.5 Å². The topological polar surface area (TPSA) is 61.4 Å². The van der Waals surface area contributed by atoms with Gasteiger partial charge in [-0.2, -0.15) is 0 Å². The molecule has 5 nitrogen and oxygen atoms in total. The maximum Gasteiger partial charge on any atom is 0.239 e. The summed E-state index contributed by atoms with van der Waals surface area (Å²) >= 11 is 0. The average Bonchev–Trinajstić information content (AvgIpc) is 3.35. The highest BCUT2D eigenvalue weighted by Gasteiger charge is 2.27. The Balaban J connectivity index is 1.91. The maximum absolute atomic E-state index is 12.6. The quantitative estimate of drug-likeness (QED) is 0.767. The Labute approximate surface area is 144 Å². The SMILES string of the molecule is CC(NC(c1ccccc1)C(C)C)C(=O)N(C)CC(=O)NC1CC1. The molecule has 1 aromatic rings. The summed E-state index contributed by atoms with van der Waals surface area (Å²) in [4.78, 5) is 25.9. The number of hydrogen-bond donors (Lipinski definition) is 2. The first-order valence-corrected chi connectivity index (χ1v) is 8.73. The number of benzene rings is 1. The van der Waals surface area contributed by atoms with Crippen LogP contribution in [0.5, 0.6) is 0 Å². The van der Waals surface area contributed by atoms with Crippen LogP contribution in [0.15, 0.2) is 30.3 Å². The molecule has 1 fully saturated rings. The van der Waals surface area contributed by atoms with Gasteiger partial charge in [-0.1, -0.05) is 44.2 Å². The Bertz CT molecular complexity index is 555. The molecule has 0 bridgehead atoms. The molecular weight excluding hydrogens is 302 g/mol. The second kappa shape index (κ2) is 8.29. The van der Waals surface area contributed by atoms with E-state index < -0.39 is 0 Å². The lowest BCUT2D eigenvalue weighted by molar-refractivity contribution is -0.136. The van der Waals surface area contributed by atoms with Gasteiger partial charge in [0.2, 0.25) is 11.8 Å². The van der Waals surface area contributed by atoms with Crippen LogP contribution in [0.4, 0.5) is 0 Å². The van der Waals surface area contributed by atoms with Crippen molar-refractivity contribution in [3.63, 3.8) is 0 Å². The van der Waals surface area contributed by atoms with Crippen molar-refractivity contribution in [2.24, 2.45) is 5.92 Å². The van der Waals surface area contributed by atoms with Crippen LogP contribution < -0.4 is 10.6 Å². The molecule has 2 amide bonds. The first-order chi connectivity index (χ1) is 11.4. The van der Waals surface area contributed by atoms with Crippen LogP contribution >= 0.6 is 0 Å². The molecule has 1 aliphatic carbocycles. The third-order valence-electron chi connectivity index (χ3n) is 4.32. The lowest BCUT2D eigenvalue weighted by atomic mass is 9.95. The van der Waals surface area contributed by atoms with E-state index in [4.69, 9.17) is 0 Å². The van der Waals surface area contributed by atoms with E-state index in [1.807, 2.05) is 25.1 Å². The first-order valence-electron chi connectivity index (χ1n) is 8.73. The lowest BCUT2D eigenvalue weighted by Crippen LogP contribution is -2.48. The Morgan fingerprint density at radius 2 is 1.79 bits per heavy atom. The van der Waals surface area contributed by atoms with Crippen LogP contribution in [0, 0.1) is 5.92 Å². The summed E-state index contributed by atoms with van der Waals surface area (Å²) in [5, 5.41) is 6.33. The summed E-state index contributed by atoms with van der Waals surface area (Å²) < 4.78 is 0. The molecule has 1 aliphatic rings. The third kappa shape index (κ3) is 5.34. The van der Waals surface area contributed by atoms with Gasteiger partial charge in [0.15, 0.2) is 0 Å². The van der Waals surface area contributed by atoms with E-state index in [1.54, 1.807) is 7.05 Å². The van der Waals surface area contributed by atoms with Gasteiger partial charge in [0.05, 0.1) is 12.6 Å². The molecule has 0 aliphatic heterocycles. The maximum atomic E-state index is 12.6. The number of nitrogens with one attached hydrogen (secondary N) is 2. The zero-order valence-electron chi connectivity index (χ0n) is 15.1. The summed E-state index contributed by atoms with van der Waals surface area (Å²) in [6.45, 7) is 6.23. The molecule has 5 heteroatoms. The number of hydrogen-bond acceptors (Lipinski definition) is 3. The normalized spacial score (nSPS) is 16.5. The highest BCUT2D eigenvalue weighted by molar-refractivity contribution is 5.87. The second-order valence-electron chi connectivity index (χ2n) is 7.06. The van der Waals surface area contributed by atoms with E-state index in [9.17, 15) is 9.59 Å². The fourth-order valence-corrected chi connectivity index (χ4v) is 2.80. The van der Waals surface area contributed by atoms with Crippen LogP contribution in [0.1, 0.15) is 45.2 Å². The smallest absolute Gasteiger partial charge is 0.239 e. The molecule has 0 saturated heterocycles. The zero-order valence-corrected chi connectivity index (χ0v) is 15.1. The zero-order chi connectivity index (χ0) is 17.7. The van der Waals surface area contributed by atoms with Gasteiger partial charge in [0, 0.05) is 19.1 Å². The Morgan fingerprint density at radius 1 is 1.17 bits per heavy atom. The Morgan fingerprint density at radius 3 is 2.33 bits per heavy atom. The highest BCUT2D eigenvalue weighted by atomic mass is 16.2. The van der Waals surface area contributed by atoms with Crippen LogP contribution in [0.3, 0.4) is 0 Å². The summed E-state index contributed by atoms with van der Waals surface area (Å²) in [5.74, 6) is 0.206. The molecule has 0 heterocycles. The molecule has 2 atom stereocenters. The second-order valence-corrected chi connectivity index (χ2v) is 7.06. The minimum Gasteiger partial charge on any atom is -0.352 e. The van der Waals surface area contributed by atoms with Gasteiger partial charge in [-0.15, -0.1) is 0 Å². The highest BCUT2D eigenvalue weighted by Crippen LogP contribution is 2.22. The van der Waals surface area contributed by atoms with Crippen molar-refractivity contribution in [3.8, 4) is 0 Å². The molecular formula is C19H29N3O2. The summed E-state index contributed by atoms with van der Waals surface area (Å²) in [6, 6.07) is 10.2. The largest absolute Gasteiger partial charge is 0.352 e. The number of carbonyl (C=O) groups excluding carboxylic acids is 2. The van der Waals surface area contributed by atoms with E-state index in [2.05, 4.69) is 36.6 Å². The van der Waals surface area contributed by atoms with Crippen LogP contribution in [-0.2, 0) is 9.59 Å². The Kier molecular flexibility index (Phi) is 6.37. The summed E-state index contributed by atoms with van der Waals surface area (Å²) in [6.07, 6.45) is 2.10. The minimum atomic E-state index is -0.351. The predicted octanol–water partition coefficient (Wildman–Crippen LogP) is 2.10. The molecule has 1 aromatic carbocycles. The molecule has 0 spiro atoms. The fraction of sp³-hybridized carbons (Fsp3) is 0.579. The molecule has 2 rings (SSSR count). The van der Waals surface area contributed by atoms with Gasteiger partial charge >= 0.3 is 0 Å². The van der Waals surface area contributed by atoms with Gasteiger partial charge in [-0.05, 0) is 31.2 Å². The van der Waals surface area contributed by atoms with Crippen molar-refractivity contribution in [3.05, 3.63) is 35.9 Å².